The molecule has 1 aliphatic heterocycles. The van der Waals surface area contributed by atoms with Gasteiger partial charge in [0.25, 0.3) is 0 Å². The highest BCUT2D eigenvalue weighted by Crippen LogP contribution is 2.68. The van der Waals surface area contributed by atoms with Crippen LogP contribution in [0.4, 0.5) is 8.78 Å². The number of rotatable bonds is 3. The van der Waals surface area contributed by atoms with E-state index in [4.69, 9.17) is 15.6 Å². The summed E-state index contributed by atoms with van der Waals surface area (Å²) in [6.07, 6.45) is 3.21. The first-order valence-electron chi connectivity index (χ1n) is 9.84. The Morgan fingerprint density at radius 1 is 1.29 bits per heavy atom. The highest BCUT2D eigenvalue weighted by molar-refractivity contribution is 6.15. The van der Waals surface area contributed by atoms with Crippen LogP contribution < -0.4 is 0 Å². The first-order valence-corrected chi connectivity index (χ1v) is 9.84. The number of fused-ring (bicyclic) bond motifs is 2. The lowest BCUT2D eigenvalue weighted by Crippen LogP contribution is -2.55. The van der Waals surface area contributed by atoms with Gasteiger partial charge in [-0.1, -0.05) is 19.9 Å². The summed E-state index contributed by atoms with van der Waals surface area (Å²) in [4.78, 5) is 2.23. The third kappa shape index (κ3) is 2.54. The van der Waals surface area contributed by atoms with Crippen LogP contribution in [-0.4, -0.2) is 49.2 Å². The molecule has 3 aliphatic rings. The van der Waals surface area contributed by atoms with E-state index in [1.54, 1.807) is 0 Å². The van der Waals surface area contributed by atoms with Gasteiger partial charge in [0.2, 0.25) is 0 Å². The van der Waals surface area contributed by atoms with Gasteiger partial charge in [-0.25, -0.2) is 8.78 Å². The van der Waals surface area contributed by atoms with Crippen molar-refractivity contribution in [1.29, 1.82) is 10.8 Å². The van der Waals surface area contributed by atoms with Crippen LogP contribution in [0.2, 0.25) is 0 Å². The van der Waals surface area contributed by atoms with Gasteiger partial charge in [-0.3, -0.25) is 0 Å². The van der Waals surface area contributed by atoms with Crippen molar-refractivity contribution in [2.75, 3.05) is 26.7 Å². The van der Waals surface area contributed by atoms with E-state index in [0.29, 0.717) is 12.3 Å². The molecule has 3 fully saturated rings. The number of morpholine rings is 1. The van der Waals surface area contributed by atoms with Gasteiger partial charge in [-0.15, -0.1) is 0 Å². The molecule has 4 nitrogen and oxygen atoms in total. The summed E-state index contributed by atoms with van der Waals surface area (Å²) in [6.45, 7) is 6.64. The van der Waals surface area contributed by atoms with Gasteiger partial charge in [0.15, 0.2) is 0 Å². The molecule has 0 aromatic heterocycles. The molecule has 4 rings (SSSR count). The number of hydrogen-bond acceptors (Lipinski definition) is 4. The summed E-state index contributed by atoms with van der Waals surface area (Å²) in [5.41, 5.74) is 0.0527. The molecule has 28 heavy (non-hydrogen) atoms. The number of likely N-dealkylation sites (N-methyl/N-ethyl adjacent to an activating group) is 1. The van der Waals surface area contributed by atoms with E-state index in [9.17, 15) is 8.78 Å². The summed E-state index contributed by atoms with van der Waals surface area (Å²) in [6, 6.07) is 3.62. The van der Waals surface area contributed by atoms with E-state index < -0.39 is 17.0 Å². The van der Waals surface area contributed by atoms with E-state index in [2.05, 4.69) is 25.8 Å². The fourth-order valence-electron chi connectivity index (χ4n) is 5.76. The second-order valence-corrected chi connectivity index (χ2v) is 8.89. The fraction of sp³-hybridized carbons (Fsp3) is 0.545. The molecule has 0 amide bonds. The average Bonchev–Trinajstić information content (AvgIpc) is 2.98. The number of nitrogens with zero attached hydrogens (tertiary/aromatic N) is 1. The minimum atomic E-state index is -0.747. The second kappa shape index (κ2) is 6.56. The fourth-order valence-corrected chi connectivity index (χ4v) is 5.76. The predicted molar refractivity (Wildman–Crippen MR) is 105 cm³/mol. The minimum Gasteiger partial charge on any atom is -0.375 e. The molecule has 2 saturated carbocycles. The molecule has 1 aromatic rings. The molecule has 1 saturated heterocycles. The van der Waals surface area contributed by atoms with E-state index in [0.717, 1.165) is 43.6 Å². The Hall–Kier alpha value is -1.92. The quantitative estimate of drug-likeness (QED) is 0.769. The summed E-state index contributed by atoms with van der Waals surface area (Å²) < 4.78 is 34.4. The number of nitrogens with one attached hydrogen (secondary N) is 2. The van der Waals surface area contributed by atoms with Crippen molar-refractivity contribution in [2.24, 2.45) is 16.7 Å². The van der Waals surface area contributed by atoms with Gasteiger partial charge in [0, 0.05) is 24.2 Å². The second-order valence-electron chi connectivity index (χ2n) is 8.89. The maximum Gasteiger partial charge on any atom is 0.135 e. The maximum absolute atomic E-state index is 14.1. The van der Waals surface area contributed by atoms with E-state index in [-0.39, 0.29) is 28.7 Å². The lowest BCUT2D eigenvalue weighted by Gasteiger charge is -2.47. The number of halogens is 2. The Balaban J connectivity index is 1.74. The van der Waals surface area contributed by atoms with Crippen molar-refractivity contribution in [3.63, 3.8) is 0 Å². The van der Waals surface area contributed by atoms with Crippen molar-refractivity contribution in [1.82, 2.24) is 4.90 Å². The SMILES string of the molecule is CN1CCO[C@H]([C@@]23CC[C@@H](/C(=C/C(=N)c4c(F)cccc4F)C2=N)C3(C)C)C1. The van der Waals surface area contributed by atoms with Crippen molar-refractivity contribution < 1.29 is 13.5 Å². The molecule has 2 bridgehead atoms. The standard InChI is InChI=1S/C22H27F2N3O/c1-21(2)14-7-8-22(21,18-12-27(3)9-10-28-18)20(26)13(14)11-17(25)19-15(23)5-4-6-16(19)24/h4-6,11,14,18,25-26H,7-10,12H2,1-3H3/b13-11-,25-17?,26-20?/t14-,18-,22-/m0/s1. The number of hydrogen-bond donors (Lipinski definition) is 2. The minimum absolute atomic E-state index is 0.0796. The molecule has 6 heteroatoms. The highest BCUT2D eigenvalue weighted by Gasteiger charge is 2.68. The van der Waals surface area contributed by atoms with Gasteiger partial charge in [0.05, 0.1) is 24.0 Å². The van der Waals surface area contributed by atoms with Crippen molar-refractivity contribution in [3.8, 4) is 0 Å². The summed E-state index contributed by atoms with van der Waals surface area (Å²) >= 11 is 0. The molecule has 2 aliphatic carbocycles. The number of allylic oxidation sites excluding steroid dienone is 2. The van der Waals surface area contributed by atoms with Crippen molar-refractivity contribution in [3.05, 3.63) is 47.0 Å². The molecule has 0 radical (unpaired) electrons. The predicted octanol–water partition coefficient (Wildman–Crippen LogP) is 4.05. The van der Waals surface area contributed by atoms with Crippen LogP contribution in [0.1, 0.15) is 32.3 Å². The Morgan fingerprint density at radius 3 is 2.61 bits per heavy atom. The van der Waals surface area contributed by atoms with Crippen molar-refractivity contribution in [2.45, 2.75) is 32.8 Å². The zero-order valence-electron chi connectivity index (χ0n) is 16.6. The third-order valence-corrected chi connectivity index (χ3v) is 7.31. The van der Waals surface area contributed by atoms with Crippen LogP contribution in [-0.2, 0) is 4.74 Å². The Kier molecular flexibility index (Phi) is 4.55. The summed E-state index contributed by atoms with van der Waals surface area (Å²) in [7, 11) is 2.07. The normalized spacial score (nSPS) is 33.6. The van der Waals surface area contributed by atoms with E-state index in [1.165, 1.54) is 12.1 Å². The van der Waals surface area contributed by atoms with Gasteiger partial charge < -0.3 is 20.5 Å². The number of benzene rings is 1. The van der Waals surface area contributed by atoms with Crippen LogP contribution in [0.25, 0.3) is 0 Å². The van der Waals surface area contributed by atoms with Crippen LogP contribution in [0.3, 0.4) is 0 Å². The van der Waals surface area contributed by atoms with E-state index >= 15 is 0 Å². The zero-order valence-corrected chi connectivity index (χ0v) is 16.6. The lowest BCUT2D eigenvalue weighted by molar-refractivity contribution is -0.0928. The van der Waals surface area contributed by atoms with Crippen LogP contribution in [0.15, 0.2) is 29.8 Å². The van der Waals surface area contributed by atoms with Crippen LogP contribution in [0.5, 0.6) is 0 Å². The van der Waals surface area contributed by atoms with Gasteiger partial charge in [-0.05, 0) is 55.0 Å². The zero-order chi connectivity index (χ0) is 20.3. The van der Waals surface area contributed by atoms with Gasteiger partial charge >= 0.3 is 0 Å². The third-order valence-electron chi connectivity index (χ3n) is 7.31. The molecule has 0 unspecified atom stereocenters. The smallest absolute Gasteiger partial charge is 0.135 e. The molecule has 0 spiro atoms. The Morgan fingerprint density at radius 2 is 1.96 bits per heavy atom. The summed E-state index contributed by atoms with van der Waals surface area (Å²) in [5.74, 6) is -1.41. The van der Waals surface area contributed by atoms with E-state index in [1.807, 2.05) is 0 Å². The maximum atomic E-state index is 14.1. The molecule has 1 aromatic carbocycles. The molecule has 3 atom stereocenters. The molecular formula is C22H27F2N3O. The molecule has 150 valence electrons. The average molecular weight is 387 g/mol. The Bertz CT molecular complexity index is 858. The molecule has 1 heterocycles. The summed E-state index contributed by atoms with van der Waals surface area (Å²) in [5, 5.41) is 17.3. The molecule has 2 N–H and O–H groups in total. The lowest BCUT2D eigenvalue weighted by atomic mass is 9.64. The molecular weight excluding hydrogens is 360 g/mol. The highest BCUT2D eigenvalue weighted by atomic mass is 19.1. The first kappa shape index (κ1) is 19.4. The first-order chi connectivity index (χ1) is 13.2. The topological polar surface area (TPSA) is 60.2 Å². The monoisotopic (exact) mass is 387 g/mol. The van der Waals surface area contributed by atoms with Crippen LogP contribution in [0, 0.1) is 39.2 Å². The van der Waals surface area contributed by atoms with Gasteiger partial charge in [0.1, 0.15) is 11.6 Å². The largest absolute Gasteiger partial charge is 0.375 e. The van der Waals surface area contributed by atoms with Crippen molar-refractivity contribution >= 4 is 11.4 Å². The van der Waals surface area contributed by atoms with Gasteiger partial charge in [-0.2, -0.15) is 0 Å². The van der Waals surface area contributed by atoms with Crippen LogP contribution >= 0.6 is 0 Å². The Labute approximate surface area is 164 Å². The number of ether oxygens (including phenoxy) is 1.